The highest BCUT2D eigenvalue weighted by molar-refractivity contribution is 6.05. The molecule has 4 rings (SSSR count). The number of carbonyl (C=O) groups excluding carboxylic acids is 1. The van der Waals surface area contributed by atoms with Gasteiger partial charge in [0.1, 0.15) is 0 Å². The molecule has 1 amide bonds. The number of nitrogens with zero attached hydrogens (tertiary/aromatic N) is 4. The third-order valence-electron chi connectivity index (χ3n) is 4.90. The summed E-state index contributed by atoms with van der Waals surface area (Å²) in [4.78, 5) is 25.2. The second kappa shape index (κ2) is 8.36. The molecule has 0 spiro atoms. The molecule has 0 aliphatic rings. The zero-order valence-electron chi connectivity index (χ0n) is 17.1. The van der Waals surface area contributed by atoms with Crippen LogP contribution in [-0.4, -0.2) is 51.3 Å². The Morgan fingerprint density at radius 1 is 1.23 bits per heavy atom. The number of nitrogen functional groups attached to an aromatic ring is 1. The molecule has 0 atom stereocenters. The number of hydrogen-bond donors (Lipinski definition) is 4. The molecule has 10 heteroatoms. The SMILES string of the molecule is COCCNc1nccc(-c2cc(-c3c(C)ccc4[nH]ncc34)c(N)c(C(N)=O)n2)n1. The summed E-state index contributed by atoms with van der Waals surface area (Å²) in [5, 5.41) is 11.0. The lowest BCUT2D eigenvalue weighted by molar-refractivity contribution is 0.0996. The van der Waals surface area contributed by atoms with E-state index < -0.39 is 5.91 Å². The van der Waals surface area contributed by atoms with E-state index in [1.165, 1.54) is 0 Å². The number of nitrogens with two attached hydrogens (primary N) is 2. The number of aromatic nitrogens is 5. The molecule has 3 heterocycles. The fourth-order valence-corrected chi connectivity index (χ4v) is 3.42. The maximum Gasteiger partial charge on any atom is 0.269 e. The van der Waals surface area contributed by atoms with Crippen LogP contribution in [0.3, 0.4) is 0 Å². The van der Waals surface area contributed by atoms with E-state index in [4.69, 9.17) is 16.2 Å². The van der Waals surface area contributed by atoms with Crippen LogP contribution in [0.4, 0.5) is 11.6 Å². The van der Waals surface area contributed by atoms with Gasteiger partial charge in [-0.05, 0) is 36.2 Å². The van der Waals surface area contributed by atoms with Crippen LogP contribution in [0.5, 0.6) is 0 Å². The number of carbonyl (C=O) groups is 1. The van der Waals surface area contributed by atoms with Crippen LogP contribution in [0.15, 0.2) is 36.7 Å². The van der Waals surface area contributed by atoms with E-state index in [1.807, 2.05) is 19.1 Å². The van der Waals surface area contributed by atoms with E-state index in [0.717, 1.165) is 22.0 Å². The molecule has 6 N–H and O–H groups in total. The highest BCUT2D eigenvalue weighted by Crippen LogP contribution is 2.37. The Kier molecular flexibility index (Phi) is 5.46. The molecule has 0 aliphatic heterocycles. The predicted octanol–water partition coefficient (Wildman–Crippen LogP) is 2.13. The standard InChI is InChI=1S/C21H22N8O2/c1-11-3-4-14-13(10-26-29-14)17(11)12-9-16(27-19(18(12)22)20(23)30)15-5-6-24-21(28-15)25-7-8-31-2/h3-6,9-10H,7-8,22H2,1-2H3,(H2,23,30)(H,26,29)(H,24,25,28). The van der Waals surface area contributed by atoms with Crippen molar-refractivity contribution in [3.05, 3.63) is 47.9 Å². The fourth-order valence-electron chi connectivity index (χ4n) is 3.42. The summed E-state index contributed by atoms with van der Waals surface area (Å²) in [6, 6.07) is 7.41. The van der Waals surface area contributed by atoms with Crippen LogP contribution in [-0.2, 0) is 4.74 Å². The molecule has 0 saturated heterocycles. The Labute approximate surface area is 178 Å². The van der Waals surface area contributed by atoms with Gasteiger partial charge in [0, 0.05) is 30.8 Å². The van der Waals surface area contributed by atoms with Crippen LogP contribution in [0.25, 0.3) is 33.4 Å². The van der Waals surface area contributed by atoms with Crippen molar-refractivity contribution in [1.29, 1.82) is 0 Å². The normalized spacial score (nSPS) is 11.0. The van der Waals surface area contributed by atoms with Gasteiger partial charge in [-0.25, -0.2) is 15.0 Å². The summed E-state index contributed by atoms with van der Waals surface area (Å²) in [5.74, 6) is -0.298. The minimum atomic E-state index is -0.717. The lowest BCUT2D eigenvalue weighted by Crippen LogP contribution is -2.17. The smallest absolute Gasteiger partial charge is 0.269 e. The van der Waals surface area contributed by atoms with Gasteiger partial charge in [-0.1, -0.05) is 6.07 Å². The molecule has 4 aromatic rings. The van der Waals surface area contributed by atoms with Crippen molar-refractivity contribution < 1.29 is 9.53 Å². The number of amides is 1. The second-order valence-corrected chi connectivity index (χ2v) is 6.96. The molecule has 0 saturated carbocycles. The molecule has 3 aromatic heterocycles. The maximum absolute atomic E-state index is 12.1. The largest absolute Gasteiger partial charge is 0.396 e. The summed E-state index contributed by atoms with van der Waals surface area (Å²) < 4.78 is 5.03. The van der Waals surface area contributed by atoms with Crippen LogP contribution in [0.1, 0.15) is 16.1 Å². The third kappa shape index (κ3) is 3.88. The van der Waals surface area contributed by atoms with E-state index in [9.17, 15) is 4.79 Å². The predicted molar refractivity (Wildman–Crippen MR) is 118 cm³/mol. The van der Waals surface area contributed by atoms with Gasteiger partial charge in [0.25, 0.3) is 5.91 Å². The number of primary amides is 1. The fraction of sp³-hybridized carbons (Fsp3) is 0.190. The monoisotopic (exact) mass is 418 g/mol. The van der Waals surface area contributed by atoms with Crippen molar-refractivity contribution >= 4 is 28.4 Å². The Morgan fingerprint density at radius 2 is 2.06 bits per heavy atom. The maximum atomic E-state index is 12.1. The molecular weight excluding hydrogens is 396 g/mol. The van der Waals surface area contributed by atoms with E-state index in [-0.39, 0.29) is 11.4 Å². The average molecular weight is 418 g/mol. The van der Waals surface area contributed by atoms with Crippen LogP contribution in [0.2, 0.25) is 0 Å². The minimum Gasteiger partial charge on any atom is -0.396 e. The van der Waals surface area contributed by atoms with Crippen molar-refractivity contribution in [3.63, 3.8) is 0 Å². The number of hydrogen-bond acceptors (Lipinski definition) is 8. The van der Waals surface area contributed by atoms with E-state index in [0.29, 0.717) is 36.1 Å². The molecule has 0 radical (unpaired) electrons. The Hall–Kier alpha value is -4.05. The molecule has 0 aliphatic carbocycles. The number of fused-ring (bicyclic) bond motifs is 1. The van der Waals surface area contributed by atoms with Gasteiger partial charge in [0.15, 0.2) is 5.69 Å². The summed E-state index contributed by atoms with van der Waals surface area (Å²) >= 11 is 0. The topological polar surface area (TPSA) is 158 Å². The van der Waals surface area contributed by atoms with Crippen LogP contribution < -0.4 is 16.8 Å². The van der Waals surface area contributed by atoms with Gasteiger partial charge in [-0.15, -0.1) is 0 Å². The number of anilines is 2. The Balaban J connectivity index is 1.89. The van der Waals surface area contributed by atoms with Crippen LogP contribution in [0, 0.1) is 6.92 Å². The summed E-state index contributed by atoms with van der Waals surface area (Å²) in [6.45, 7) is 3.03. The van der Waals surface area contributed by atoms with Gasteiger partial charge in [-0.3, -0.25) is 9.89 Å². The van der Waals surface area contributed by atoms with Crippen molar-refractivity contribution in [3.8, 4) is 22.5 Å². The number of H-pyrrole nitrogens is 1. The van der Waals surface area contributed by atoms with Crippen LogP contribution >= 0.6 is 0 Å². The van der Waals surface area contributed by atoms with E-state index in [1.54, 1.807) is 31.6 Å². The average Bonchev–Trinajstić information content (AvgIpc) is 3.23. The summed E-state index contributed by atoms with van der Waals surface area (Å²) in [6.07, 6.45) is 3.34. The van der Waals surface area contributed by atoms with Gasteiger partial charge < -0.3 is 21.5 Å². The zero-order valence-corrected chi connectivity index (χ0v) is 17.1. The third-order valence-corrected chi connectivity index (χ3v) is 4.90. The van der Waals surface area contributed by atoms with Gasteiger partial charge in [-0.2, -0.15) is 5.10 Å². The number of rotatable bonds is 7. The first-order valence-electron chi connectivity index (χ1n) is 9.59. The first-order valence-corrected chi connectivity index (χ1v) is 9.59. The Bertz CT molecular complexity index is 1270. The first kappa shape index (κ1) is 20.2. The van der Waals surface area contributed by atoms with Crippen molar-refractivity contribution in [2.45, 2.75) is 6.92 Å². The molecule has 0 unspecified atom stereocenters. The highest BCUT2D eigenvalue weighted by atomic mass is 16.5. The molecule has 1 aromatic carbocycles. The van der Waals surface area contributed by atoms with Gasteiger partial charge >= 0.3 is 0 Å². The van der Waals surface area contributed by atoms with Crippen molar-refractivity contribution in [1.82, 2.24) is 25.1 Å². The molecule has 158 valence electrons. The molecule has 0 fully saturated rings. The number of benzene rings is 1. The van der Waals surface area contributed by atoms with Crippen molar-refractivity contribution in [2.75, 3.05) is 31.3 Å². The van der Waals surface area contributed by atoms with E-state index in [2.05, 4.69) is 30.5 Å². The van der Waals surface area contributed by atoms with E-state index >= 15 is 0 Å². The number of aromatic amines is 1. The molecular formula is C21H22N8O2. The minimum absolute atomic E-state index is 0.0140. The summed E-state index contributed by atoms with van der Waals surface area (Å²) in [7, 11) is 1.62. The van der Waals surface area contributed by atoms with Crippen molar-refractivity contribution in [2.24, 2.45) is 5.73 Å². The molecule has 10 nitrogen and oxygen atoms in total. The number of pyridine rings is 1. The van der Waals surface area contributed by atoms with Gasteiger partial charge in [0.05, 0.1) is 35.4 Å². The number of aryl methyl sites for hydroxylation is 1. The number of methoxy groups -OCH3 is 1. The summed E-state index contributed by atoms with van der Waals surface area (Å²) in [5.41, 5.74) is 16.4. The quantitative estimate of drug-likeness (QED) is 0.332. The zero-order chi connectivity index (χ0) is 22.0. The first-order chi connectivity index (χ1) is 15.0. The second-order valence-electron chi connectivity index (χ2n) is 6.96. The lowest BCUT2D eigenvalue weighted by atomic mass is 9.94. The Morgan fingerprint density at radius 3 is 2.84 bits per heavy atom. The number of nitrogens with one attached hydrogen (secondary N) is 2. The molecule has 0 bridgehead atoms. The lowest BCUT2D eigenvalue weighted by Gasteiger charge is -2.15. The number of ether oxygens (including phenoxy) is 1. The molecule has 31 heavy (non-hydrogen) atoms. The highest BCUT2D eigenvalue weighted by Gasteiger charge is 2.20. The van der Waals surface area contributed by atoms with Gasteiger partial charge in [0.2, 0.25) is 5.95 Å².